The highest BCUT2D eigenvalue weighted by atomic mass is 32.2. The third kappa shape index (κ3) is 4.05. The van der Waals surface area contributed by atoms with Gasteiger partial charge >= 0.3 is 0 Å². The lowest BCUT2D eigenvalue weighted by Gasteiger charge is -2.38. The van der Waals surface area contributed by atoms with Crippen LogP contribution in [0.1, 0.15) is 16.1 Å². The molecule has 0 spiro atoms. The molecule has 0 unspecified atom stereocenters. The van der Waals surface area contributed by atoms with Crippen molar-refractivity contribution in [3.05, 3.63) is 78.3 Å². The van der Waals surface area contributed by atoms with Gasteiger partial charge in [-0.2, -0.15) is 0 Å². The summed E-state index contributed by atoms with van der Waals surface area (Å²) >= 11 is 0. The minimum absolute atomic E-state index is 0.137. The zero-order valence-corrected chi connectivity index (χ0v) is 16.8. The van der Waals surface area contributed by atoms with Gasteiger partial charge in [-0.05, 0) is 47.5 Å². The Morgan fingerprint density at radius 1 is 1.07 bits per heavy atom. The predicted molar refractivity (Wildman–Crippen MR) is 109 cm³/mol. The van der Waals surface area contributed by atoms with Crippen molar-refractivity contribution in [1.82, 2.24) is 4.90 Å². The number of rotatable bonds is 6. The first-order valence-electron chi connectivity index (χ1n) is 9.24. The molecule has 0 bridgehead atoms. The van der Waals surface area contributed by atoms with Gasteiger partial charge in [0.05, 0.1) is 18.6 Å². The second-order valence-electron chi connectivity index (χ2n) is 7.03. The molecule has 4 rings (SSSR count). The van der Waals surface area contributed by atoms with Gasteiger partial charge < -0.3 is 14.1 Å². The van der Waals surface area contributed by atoms with E-state index >= 15 is 0 Å². The first-order valence-corrected chi connectivity index (χ1v) is 11.0. The van der Waals surface area contributed by atoms with Crippen molar-refractivity contribution in [3.8, 4) is 16.9 Å². The number of sulfone groups is 1. The number of carbonyl (C=O) groups excluding carboxylic acids is 1. The number of ether oxygens (including phenoxy) is 1. The van der Waals surface area contributed by atoms with Crippen LogP contribution in [0.15, 0.2) is 71.3 Å². The van der Waals surface area contributed by atoms with E-state index in [4.69, 9.17) is 9.15 Å². The molecule has 0 radical (unpaired) electrons. The monoisotopic (exact) mass is 411 g/mol. The van der Waals surface area contributed by atoms with Crippen LogP contribution in [-0.4, -0.2) is 44.7 Å². The molecule has 150 valence electrons. The summed E-state index contributed by atoms with van der Waals surface area (Å²) in [7, 11) is -1.72. The van der Waals surface area contributed by atoms with E-state index in [9.17, 15) is 13.2 Å². The van der Waals surface area contributed by atoms with E-state index < -0.39 is 15.1 Å². The van der Waals surface area contributed by atoms with Crippen molar-refractivity contribution >= 4 is 15.7 Å². The minimum Gasteiger partial charge on any atom is -0.497 e. The summed E-state index contributed by atoms with van der Waals surface area (Å²) in [6, 6.07) is 18.3. The van der Waals surface area contributed by atoms with Crippen LogP contribution in [0.4, 0.5) is 0 Å². The largest absolute Gasteiger partial charge is 0.497 e. The Bertz CT molecular complexity index is 1100. The summed E-state index contributed by atoms with van der Waals surface area (Å²) in [4.78, 5) is 14.2. The molecule has 0 atom stereocenters. The van der Waals surface area contributed by atoms with Crippen molar-refractivity contribution in [1.29, 1.82) is 0 Å². The summed E-state index contributed by atoms with van der Waals surface area (Å²) in [5, 5.41) is -0.549. The second kappa shape index (κ2) is 7.75. The van der Waals surface area contributed by atoms with Crippen LogP contribution in [-0.2, 0) is 15.6 Å². The molecule has 1 amide bonds. The molecule has 29 heavy (non-hydrogen) atoms. The number of benzene rings is 2. The van der Waals surface area contributed by atoms with Crippen LogP contribution in [0.2, 0.25) is 0 Å². The molecule has 0 saturated carbocycles. The fourth-order valence-electron chi connectivity index (χ4n) is 3.33. The van der Waals surface area contributed by atoms with Gasteiger partial charge in [0.2, 0.25) is 0 Å². The van der Waals surface area contributed by atoms with Crippen molar-refractivity contribution in [2.24, 2.45) is 0 Å². The fraction of sp³-hybridized carbons (Fsp3) is 0.227. The van der Waals surface area contributed by atoms with Gasteiger partial charge in [0.1, 0.15) is 17.3 Å². The molecule has 7 heteroatoms. The number of furan rings is 1. The Morgan fingerprint density at radius 2 is 1.83 bits per heavy atom. The Kier molecular flexibility index (Phi) is 5.15. The molecule has 1 saturated heterocycles. The molecule has 2 aromatic carbocycles. The second-order valence-corrected chi connectivity index (χ2v) is 9.31. The van der Waals surface area contributed by atoms with Crippen LogP contribution in [0.5, 0.6) is 5.75 Å². The molecule has 0 N–H and O–H groups in total. The molecular formula is C22H21NO5S. The molecule has 1 aromatic heterocycles. The van der Waals surface area contributed by atoms with Crippen molar-refractivity contribution in [2.75, 3.05) is 20.2 Å². The highest BCUT2D eigenvalue weighted by molar-refractivity contribution is 7.91. The SMILES string of the molecule is COc1cccc(-c2ccc(C(=O)N3CC(S(=O)(=O)Cc4ccco4)C3)cc2)c1. The van der Waals surface area contributed by atoms with E-state index in [1.165, 1.54) is 6.26 Å². The van der Waals surface area contributed by atoms with Gasteiger partial charge in [0.15, 0.2) is 9.84 Å². The molecular weight excluding hydrogens is 390 g/mol. The lowest BCUT2D eigenvalue weighted by molar-refractivity contribution is 0.0659. The average Bonchev–Trinajstić information content (AvgIpc) is 3.19. The van der Waals surface area contributed by atoms with Gasteiger partial charge in [0, 0.05) is 18.7 Å². The zero-order chi connectivity index (χ0) is 20.4. The van der Waals surface area contributed by atoms with Gasteiger partial charge in [-0.15, -0.1) is 0 Å². The Morgan fingerprint density at radius 3 is 2.48 bits per heavy atom. The third-order valence-corrected chi connectivity index (χ3v) is 7.10. The number of hydrogen-bond acceptors (Lipinski definition) is 5. The minimum atomic E-state index is -3.34. The van der Waals surface area contributed by atoms with E-state index in [-0.39, 0.29) is 24.7 Å². The maximum Gasteiger partial charge on any atom is 0.253 e. The standard InChI is InChI=1S/C22H21NO5S/c1-27-19-5-2-4-18(12-19)16-7-9-17(10-8-16)22(24)23-13-21(14-23)29(25,26)15-20-6-3-11-28-20/h2-12,21H,13-15H2,1H3. The van der Waals surface area contributed by atoms with Gasteiger partial charge in [-0.3, -0.25) is 4.79 Å². The Hall–Kier alpha value is -3.06. The molecule has 1 aliphatic heterocycles. The van der Waals surface area contributed by atoms with E-state index in [0.29, 0.717) is 11.3 Å². The highest BCUT2D eigenvalue weighted by Crippen LogP contribution is 2.26. The van der Waals surface area contributed by atoms with E-state index in [1.807, 2.05) is 36.4 Å². The molecule has 3 aromatic rings. The lowest BCUT2D eigenvalue weighted by atomic mass is 10.0. The lowest BCUT2D eigenvalue weighted by Crippen LogP contribution is -2.57. The molecule has 0 aliphatic carbocycles. The maximum absolute atomic E-state index is 12.7. The predicted octanol–water partition coefficient (Wildman–Crippen LogP) is 3.39. The maximum atomic E-state index is 12.7. The van der Waals surface area contributed by atoms with Crippen LogP contribution in [0.3, 0.4) is 0 Å². The van der Waals surface area contributed by atoms with E-state index in [2.05, 4.69) is 0 Å². The number of likely N-dealkylation sites (tertiary alicyclic amines) is 1. The highest BCUT2D eigenvalue weighted by Gasteiger charge is 2.40. The zero-order valence-electron chi connectivity index (χ0n) is 15.9. The van der Waals surface area contributed by atoms with Crippen LogP contribution in [0, 0.1) is 0 Å². The van der Waals surface area contributed by atoms with Crippen molar-refractivity contribution in [2.45, 2.75) is 11.0 Å². The number of amides is 1. The molecule has 1 fully saturated rings. The van der Waals surface area contributed by atoms with Gasteiger partial charge in [-0.1, -0.05) is 24.3 Å². The van der Waals surface area contributed by atoms with Crippen molar-refractivity contribution in [3.63, 3.8) is 0 Å². The summed E-state index contributed by atoms with van der Waals surface area (Å²) < 4.78 is 35.2. The summed E-state index contributed by atoms with van der Waals surface area (Å²) in [6.45, 7) is 0.416. The number of nitrogens with zero attached hydrogens (tertiary/aromatic N) is 1. The number of carbonyl (C=O) groups is 1. The van der Waals surface area contributed by atoms with Crippen LogP contribution >= 0.6 is 0 Å². The van der Waals surface area contributed by atoms with E-state index in [0.717, 1.165) is 16.9 Å². The molecule has 6 nitrogen and oxygen atoms in total. The topological polar surface area (TPSA) is 76.8 Å². The average molecular weight is 411 g/mol. The fourth-order valence-corrected chi connectivity index (χ4v) is 4.94. The normalized spacial score (nSPS) is 14.4. The Labute approximate surface area is 169 Å². The van der Waals surface area contributed by atoms with Crippen LogP contribution < -0.4 is 4.74 Å². The first-order chi connectivity index (χ1) is 14.0. The summed E-state index contributed by atoms with van der Waals surface area (Å²) in [6.07, 6.45) is 1.46. The van der Waals surface area contributed by atoms with Crippen LogP contribution in [0.25, 0.3) is 11.1 Å². The summed E-state index contributed by atoms with van der Waals surface area (Å²) in [5.74, 6) is 0.890. The van der Waals surface area contributed by atoms with E-state index in [1.54, 1.807) is 36.3 Å². The number of methoxy groups -OCH3 is 1. The molecule has 1 aliphatic rings. The quantitative estimate of drug-likeness (QED) is 0.621. The van der Waals surface area contributed by atoms with Gasteiger partial charge in [-0.25, -0.2) is 8.42 Å². The first kappa shape index (κ1) is 19.3. The third-order valence-electron chi connectivity index (χ3n) is 5.10. The molecule has 2 heterocycles. The summed E-state index contributed by atoms with van der Waals surface area (Å²) in [5.41, 5.74) is 2.51. The number of hydrogen-bond donors (Lipinski definition) is 0. The van der Waals surface area contributed by atoms with Crippen molar-refractivity contribution < 1.29 is 22.4 Å². The van der Waals surface area contributed by atoms with Gasteiger partial charge in [0.25, 0.3) is 5.91 Å². The smallest absolute Gasteiger partial charge is 0.253 e. The Balaban J connectivity index is 1.39.